The minimum atomic E-state index is 0.197. The van der Waals surface area contributed by atoms with Crippen LogP contribution in [0.2, 0.25) is 0 Å². The second-order valence-electron chi connectivity index (χ2n) is 4.51. The van der Waals surface area contributed by atoms with Gasteiger partial charge in [0, 0.05) is 25.2 Å². The Morgan fingerprint density at radius 3 is 2.61 bits per heavy atom. The molecule has 0 fully saturated rings. The molecule has 2 aromatic rings. The lowest BCUT2D eigenvalue weighted by Crippen LogP contribution is -2.30. The molecule has 2 N–H and O–H groups in total. The van der Waals surface area contributed by atoms with E-state index in [0.717, 1.165) is 18.0 Å². The van der Waals surface area contributed by atoms with E-state index in [1.807, 2.05) is 31.2 Å². The summed E-state index contributed by atoms with van der Waals surface area (Å²) in [5.41, 5.74) is 8.04. The molecule has 2 rings (SSSR count). The van der Waals surface area contributed by atoms with Crippen LogP contribution in [0, 0.1) is 6.92 Å². The fourth-order valence-electron chi connectivity index (χ4n) is 2.10. The highest BCUT2D eigenvalue weighted by Gasteiger charge is 2.16. The van der Waals surface area contributed by atoms with Crippen molar-refractivity contribution in [2.24, 2.45) is 5.73 Å². The summed E-state index contributed by atoms with van der Waals surface area (Å²) in [7, 11) is 2.05. The van der Waals surface area contributed by atoms with Gasteiger partial charge in [-0.05, 0) is 19.5 Å². The quantitative estimate of drug-likeness (QED) is 0.876. The van der Waals surface area contributed by atoms with Crippen LogP contribution in [0.3, 0.4) is 0 Å². The van der Waals surface area contributed by atoms with Crippen molar-refractivity contribution in [1.82, 2.24) is 10.1 Å². The van der Waals surface area contributed by atoms with E-state index in [4.69, 9.17) is 10.3 Å². The summed E-state index contributed by atoms with van der Waals surface area (Å²) in [6, 6.07) is 12.4. The van der Waals surface area contributed by atoms with Crippen LogP contribution in [0.25, 0.3) is 0 Å². The van der Waals surface area contributed by atoms with Crippen LogP contribution in [0.5, 0.6) is 0 Å². The summed E-state index contributed by atoms with van der Waals surface area (Å²) in [6.07, 6.45) is 0. The summed E-state index contributed by atoms with van der Waals surface area (Å²) in [6.45, 7) is 3.21. The van der Waals surface area contributed by atoms with Gasteiger partial charge in [-0.15, -0.1) is 0 Å². The van der Waals surface area contributed by atoms with Gasteiger partial charge >= 0.3 is 0 Å². The molecule has 1 aromatic carbocycles. The molecule has 0 aliphatic heterocycles. The molecular formula is C14H19N3O. The Bertz CT molecular complexity index is 481. The van der Waals surface area contributed by atoms with Crippen molar-refractivity contribution in [3.63, 3.8) is 0 Å². The molecule has 4 nitrogen and oxygen atoms in total. The Balaban J connectivity index is 2.08. The highest BCUT2D eigenvalue weighted by atomic mass is 16.5. The van der Waals surface area contributed by atoms with Gasteiger partial charge in [-0.3, -0.25) is 4.90 Å². The molecule has 0 saturated heterocycles. The van der Waals surface area contributed by atoms with E-state index in [-0.39, 0.29) is 6.04 Å². The van der Waals surface area contributed by atoms with Crippen molar-refractivity contribution in [2.75, 3.05) is 13.6 Å². The molecule has 1 aromatic heterocycles. The summed E-state index contributed by atoms with van der Waals surface area (Å²) in [5, 5.41) is 4.01. The van der Waals surface area contributed by atoms with Crippen molar-refractivity contribution < 1.29 is 4.52 Å². The second-order valence-corrected chi connectivity index (χ2v) is 4.51. The minimum Gasteiger partial charge on any atom is -0.361 e. The summed E-state index contributed by atoms with van der Waals surface area (Å²) < 4.78 is 5.08. The van der Waals surface area contributed by atoms with Crippen LogP contribution in [-0.2, 0) is 6.54 Å². The molecule has 0 amide bonds. The first-order chi connectivity index (χ1) is 8.70. The molecule has 0 aliphatic carbocycles. The van der Waals surface area contributed by atoms with E-state index >= 15 is 0 Å². The van der Waals surface area contributed by atoms with Crippen LogP contribution in [0.4, 0.5) is 0 Å². The lowest BCUT2D eigenvalue weighted by Gasteiger charge is -2.26. The largest absolute Gasteiger partial charge is 0.361 e. The monoisotopic (exact) mass is 245 g/mol. The highest BCUT2D eigenvalue weighted by molar-refractivity contribution is 5.19. The van der Waals surface area contributed by atoms with Gasteiger partial charge in [-0.2, -0.15) is 0 Å². The molecule has 4 heteroatoms. The van der Waals surface area contributed by atoms with Gasteiger partial charge in [0.05, 0.1) is 5.69 Å². The molecule has 0 saturated carbocycles. The lowest BCUT2D eigenvalue weighted by molar-refractivity contribution is 0.234. The summed E-state index contributed by atoms with van der Waals surface area (Å²) in [4.78, 5) is 2.19. The molecule has 1 heterocycles. The molecule has 18 heavy (non-hydrogen) atoms. The smallest absolute Gasteiger partial charge is 0.133 e. The number of hydrogen-bond donors (Lipinski definition) is 1. The zero-order chi connectivity index (χ0) is 13.0. The molecule has 0 bridgehead atoms. The minimum absolute atomic E-state index is 0.197. The Labute approximate surface area is 107 Å². The van der Waals surface area contributed by atoms with Gasteiger partial charge in [-0.1, -0.05) is 35.5 Å². The second kappa shape index (κ2) is 5.80. The predicted molar refractivity (Wildman–Crippen MR) is 70.9 cm³/mol. The zero-order valence-electron chi connectivity index (χ0n) is 10.8. The van der Waals surface area contributed by atoms with Crippen molar-refractivity contribution in [3.8, 4) is 0 Å². The van der Waals surface area contributed by atoms with Gasteiger partial charge in [0.25, 0.3) is 0 Å². The number of aromatic nitrogens is 1. The topological polar surface area (TPSA) is 55.3 Å². The van der Waals surface area contributed by atoms with Gasteiger partial charge in [0.15, 0.2) is 0 Å². The van der Waals surface area contributed by atoms with E-state index in [0.29, 0.717) is 6.54 Å². The molecule has 96 valence electrons. The Kier molecular flexibility index (Phi) is 4.12. The summed E-state index contributed by atoms with van der Waals surface area (Å²) >= 11 is 0. The summed E-state index contributed by atoms with van der Waals surface area (Å²) in [5.74, 6) is 0.836. The molecule has 1 unspecified atom stereocenters. The third-order valence-electron chi connectivity index (χ3n) is 3.03. The van der Waals surface area contributed by atoms with Crippen molar-refractivity contribution in [1.29, 1.82) is 0 Å². The van der Waals surface area contributed by atoms with Crippen LogP contribution < -0.4 is 5.73 Å². The van der Waals surface area contributed by atoms with E-state index in [1.54, 1.807) is 0 Å². The third-order valence-corrected chi connectivity index (χ3v) is 3.03. The maximum absolute atomic E-state index is 5.88. The Hall–Kier alpha value is -1.65. The van der Waals surface area contributed by atoms with E-state index < -0.39 is 0 Å². The fourth-order valence-corrected chi connectivity index (χ4v) is 2.10. The molecule has 0 aliphatic rings. The lowest BCUT2D eigenvalue weighted by atomic mass is 10.1. The molecular weight excluding hydrogens is 226 g/mol. The number of benzene rings is 1. The average Bonchev–Trinajstić information content (AvgIpc) is 2.77. The third kappa shape index (κ3) is 2.97. The average molecular weight is 245 g/mol. The Morgan fingerprint density at radius 2 is 2.06 bits per heavy atom. The highest BCUT2D eigenvalue weighted by Crippen LogP contribution is 2.19. The van der Waals surface area contributed by atoms with Crippen molar-refractivity contribution in [2.45, 2.75) is 19.5 Å². The van der Waals surface area contributed by atoms with Crippen LogP contribution in [-0.4, -0.2) is 23.6 Å². The SMILES string of the molecule is Cc1cc(CN(C)C(CN)c2ccccc2)no1. The first kappa shape index (κ1) is 12.8. The van der Waals surface area contributed by atoms with Crippen LogP contribution >= 0.6 is 0 Å². The van der Waals surface area contributed by atoms with E-state index in [1.165, 1.54) is 5.56 Å². The first-order valence-electron chi connectivity index (χ1n) is 6.08. The fraction of sp³-hybridized carbons (Fsp3) is 0.357. The zero-order valence-corrected chi connectivity index (χ0v) is 10.8. The number of likely N-dealkylation sites (N-methyl/N-ethyl adjacent to an activating group) is 1. The number of rotatable bonds is 5. The molecule has 0 radical (unpaired) electrons. The van der Waals surface area contributed by atoms with Gasteiger partial charge in [0.2, 0.25) is 0 Å². The number of nitrogens with two attached hydrogens (primary N) is 1. The Morgan fingerprint density at radius 1 is 1.33 bits per heavy atom. The van der Waals surface area contributed by atoms with E-state index in [2.05, 4.69) is 29.2 Å². The predicted octanol–water partition coefficient (Wildman–Crippen LogP) is 2.11. The van der Waals surface area contributed by atoms with Crippen molar-refractivity contribution in [3.05, 3.63) is 53.4 Å². The van der Waals surface area contributed by atoms with Gasteiger partial charge in [-0.25, -0.2) is 0 Å². The number of hydrogen-bond acceptors (Lipinski definition) is 4. The number of nitrogens with zero attached hydrogens (tertiary/aromatic N) is 2. The van der Waals surface area contributed by atoms with Crippen LogP contribution in [0.15, 0.2) is 40.9 Å². The maximum atomic E-state index is 5.88. The van der Waals surface area contributed by atoms with Gasteiger partial charge < -0.3 is 10.3 Å². The first-order valence-corrected chi connectivity index (χ1v) is 6.08. The van der Waals surface area contributed by atoms with E-state index in [9.17, 15) is 0 Å². The van der Waals surface area contributed by atoms with Crippen LogP contribution in [0.1, 0.15) is 23.1 Å². The standard InChI is InChI=1S/C14H19N3O/c1-11-8-13(16-18-11)10-17(2)14(9-15)12-6-4-3-5-7-12/h3-8,14H,9-10,15H2,1-2H3. The van der Waals surface area contributed by atoms with Crippen molar-refractivity contribution >= 4 is 0 Å². The molecule has 1 atom stereocenters. The normalized spacial score (nSPS) is 12.9. The maximum Gasteiger partial charge on any atom is 0.133 e. The van der Waals surface area contributed by atoms with Gasteiger partial charge in [0.1, 0.15) is 5.76 Å². The molecule has 0 spiro atoms. The number of aryl methyl sites for hydroxylation is 1.